The number of fused-ring (bicyclic) bond motifs is 1. The molecule has 84 valence electrons. The molecule has 2 aromatic rings. The fourth-order valence-corrected chi connectivity index (χ4v) is 2.66. The Morgan fingerprint density at radius 3 is 2.62 bits per heavy atom. The summed E-state index contributed by atoms with van der Waals surface area (Å²) in [4.78, 5) is 5.57. The zero-order valence-corrected chi connectivity index (χ0v) is 10.6. The molecule has 16 heavy (non-hydrogen) atoms. The van der Waals surface area contributed by atoms with Crippen LogP contribution in [0.25, 0.3) is 10.9 Å². The highest BCUT2D eigenvalue weighted by atomic mass is 32.2. The second-order valence-corrected chi connectivity index (χ2v) is 6.64. The molecule has 2 N–H and O–H groups in total. The normalized spacial score (nSPS) is 11.9. The third-order valence-electron chi connectivity index (χ3n) is 2.18. The maximum Gasteiger partial charge on any atom is 0.0942 e. The summed E-state index contributed by atoms with van der Waals surface area (Å²) in [5.74, 6) is 0. The minimum Gasteiger partial charge on any atom is -0.397 e. The molecule has 0 atom stereocenters. The van der Waals surface area contributed by atoms with Crippen molar-refractivity contribution < 1.29 is 0 Å². The van der Waals surface area contributed by atoms with Crippen LogP contribution in [0.4, 0.5) is 5.69 Å². The van der Waals surface area contributed by atoms with Crippen molar-refractivity contribution in [2.75, 3.05) is 5.73 Å². The Kier molecular flexibility index (Phi) is 2.80. The first-order chi connectivity index (χ1) is 7.47. The Labute approximate surface area is 100 Å². The first kappa shape index (κ1) is 11.3. The van der Waals surface area contributed by atoms with Crippen LogP contribution in [0, 0.1) is 0 Å². The van der Waals surface area contributed by atoms with E-state index < -0.39 is 0 Å². The van der Waals surface area contributed by atoms with Gasteiger partial charge in [-0.05, 0) is 12.1 Å². The van der Waals surface area contributed by atoms with Gasteiger partial charge in [0.05, 0.1) is 11.2 Å². The van der Waals surface area contributed by atoms with Crippen molar-refractivity contribution in [2.45, 2.75) is 30.4 Å². The van der Waals surface area contributed by atoms with Gasteiger partial charge in [0.25, 0.3) is 0 Å². The molecule has 0 saturated carbocycles. The number of para-hydroxylation sites is 1. The molecule has 0 aliphatic carbocycles. The van der Waals surface area contributed by atoms with Crippen LogP contribution >= 0.6 is 11.8 Å². The molecule has 0 unspecified atom stereocenters. The molecular weight excluding hydrogens is 216 g/mol. The monoisotopic (exact) mass is 232 g/mol. The standard InChI is InChI=1S/C13H16N2S/c1-13(2,3)16-11-7-8-15-12-9(11)5-4-6-10(12)14/h4-8H,14H2,1-3H3. The fraction of sp³-hybridized carbons (Fsp3) is 0.308. The lowest BCUT2D eigenvalue weighted by atomic mass is 10.2. The highest BCUT2D eigenvalue weighted by Gasteiger charge is 2.14. The van der Waals surface area contributed by atoms with Gasteiger partial charge >= 0.3 is 0 Å². The van der Waals surface area contributed by atoms with Crippen molar-refractivity contribution in [2.24, 2.45) is 0 Å². The van der Waals surface area contributed by atoms with Gasteiger partial charge in [-0.1, -0.05) is 32.9 Å². The van der Waals surface area contributed by atoms with Crippen molar-refractivity contribution in [3.63, 3.8) is 0 Å². The van der Waals surface area contributed by atoms with E-state index in [0.29, 0.717) is 0 Å². The summed E-state index contributed by atoms with van der Waals surface area (Å²) in [7, 11) is 0. The molecule has 0 spiro atoms. The van der Waals surface area contributed by atoms with Crippen LogP contribution in [0.15, 0.2) is 35.4 Å². The van der Waals surface area contributed by atoms with Gasteiger partial charge in [0.1, 0.15) is 0 Å². The van der Waals surface area contributed by atoms with Crippen molar-refractivity contribution in [1.82, 2.24) is 4.98 Å². The molecule has 1 aromatic carbocycles. The summed E-state index contributed by atoms with van der Waals surface area (Å²) in [5, 5.41) is 1.14. The summed E-state index contributed by atoms with van der Waals surface area (Å²) in [5.41, 5.74) is 7.56. The van der Waals surface area contributed by atoms with Crippen molar-refractivity contribution in [3.05, 3.63) is 30.5 Å². The first-order valence-corrected chi connectivity index (χ1v) is 6.11. The predicted octanol–water partition coefficient (Wildman–Crippen LogP) is 3.71. The van der Waals surface area contributed by atoms with E-state index in [1.165, 1.54) is 4.90 Å². The number of hydrogen-bond acceptors (Lipinski definition) is 3. The molecule has 0 aliphatic heterocycles. The highest BCUT2D eigenvalue weighted by molar-refractivity contribution is 8.00. The van der Waals surface area contributed by atoms with Gasteiger partial charge in [-0.2, -0.15) is 0 Å². The molecule has 1 aromatic heterocycles. The lowest BCUT2D eigenvalue weighted by Crippen LogP contribution is -2.06. The molecule has 0 fully saturated rings. The van der Waals surface area contributed by atoms with Crippen LogP contribution in [-0.4, -0.2) is 9.73 Å². The number of nitrogens with zero attached hydrogens (tertiary/aromatic N) is 1. The summed E-state index contributed by atoms with van der Waals surface area (Å²) >= 11 is 1.84. The summed E-state index contributed by atoms with van der Waals surface area (Å²) < 4.78 is 0.193. The molecule has 0 aliphatic rings. The van der Waals surface area contributed by atoms with Gasteiger partial charge in [-0.3, -0.25) is 4.98 Å². The van der Waals surface area contributed by atoms with Gasteiger partial charge in [0.2, 0.25) is 0 Å². The fourth-order valence-electron chi connectivity index (χ4n) is 1.59. The molecule has 0 bridgehead atoms. The van der Waals surface area contributed by atoms with Crippen molar-refractivity contribution in [1.29, 1.82) is 0 Å². The predicted molar refractivity (Wildman–Crippen MR) is 71.8 cm³/mol. The second-order valence-electron chi connectivity index (χ2n) is 4.77. The number of nitrogen functional groups attached to an aromatic ring is 1. The van der Waals surface area contributed by atoms with E-state index in [-0.39, 0.29) is 4.75 Å². The maximum absolute atomic E-state index is 5.92. The van der Waals surface area contributed by atoms with Gasteiger partial charge in [0, 0.05) is 21.2 Å². The van der Waals surface area contributed by atoms with E-state index in [4.69, 9.17) is 5.73 Å². The van der Waals surface area contributed by atoms with E-state index in [2.05, 4.69) is 37.9 Å². The largest absolute Gasteiger partial charge is 0.397 e. The topological polar surface area (TPSA) is 38.9 Å². The maximum atomic E-state index is 5.92. The summed E-state index contributed by atoms with van der Waals surface area (Å²) in [6, 6.07) is 8.00. The third-order valence-corrected chi connectivity index (χ3v) is 3.37. The van der Waals surface area contributed by atoms with Gasteiger partial charge in [-0.25, -0.2) is 0 Å². The molecule has 0 amide bonds. The highest BCUT2D eigenvalue weighted by Crippen LogP contribution is 2.36. The van der Waals surface area contributed by atoms with Gasteiger partial charge in [0.15, 0.2) is 0 Å². The third kappa shape index (κ3) is 2.30. The van der Waals surface area contributed by atoms with Crippen LogP contribution in [0.3, 0.4) is 0 Å². The zero-order valence-electron chi connectivity index (χ0n) is 9.82. The smallest absolute Gasteiger partial charge is 0.0942 e. The number of pyridine rings is 1. The van der Waals surface area contributed by atoms with Crippen molar-refractivity contribution >= 4 is 28.4 Å². The molecule has 2 nitrogen and oxygen atoms in total. The lowest BCUT2D eigenvalue weighted by molar-refractivity contribution is 0.803. The van der Waals surface area contributed by atoms with E-state index in [0.717, 1.165) is 16.6 Å². The summed E-state index contributed by atoms with van der Waals surface area (Å²) in [6.07, 6.45) is 1.83. The number of thioether (sulfide) groups is 1. The van der Waals surface area contributed by atoms with Crippen LogP contribution in [0.5, 0.6) is 0 Å². The van der Waals surface area contributed by atoms with Gasteiger partial charge < -0.3 is 5.73 Å². The Morgan fingerprint density at radius 2 is 1.94 bits per heavy atom. The Morgan fingerprint density at radius 1 is 1.19 bits per heavy atom. The van der Waals surface area contributed by atoms with E-state index in [1.807, 2.05) is 30.1 Å². The average molecular weight is 232 g/mol. The zero-order chi connectivity index (χ0) is 11.8. The Hall–Kier alpha value is -1.22. The number of rotatable bonds is 1. The number of anilines is 1. The van der Waals surface area contributed by atoms with E-state index in [1.54, 1.807) is 0 Å². The van der Waals surface area contributed by atoms with E-state index >= 15 is 0 Å². The molecule has 0 radical (unpaired) electrons. The van der Waals surface area contributed by atoms with Crippen LogP contribution < -0.4 is 5.73 Å². The van der Waals surface area contributed by atoms with E-state index in [9.17, 15) is 0 Å². The number of benzene rings is 1. The lowest BCUT2D eigenvalue weighted by Gasteiger charge is -2.18. The van der Waals surface area contributed by atoms with Crippen molar-refractivity contribution in [3.8, 4) is 0 Å². The minimum absolute atomic E-state index is 0.193. The molecular formula is C13H16N2S. The first-order valence-electron chi connectivity index (χ1n) is 5.29. The Bertz CT molecular complexity index is 515. The number of aromatic nitrogens is 1. The minimum atomic E-state index is 0.193. The quantitative estimate of drug-likeness (QED) is 0.602. The molecule has 2 rings (SSSR count). The molecule has 3 heteroatoms. The number of nitrogens with two attached hydrogens (primary N) is 1. The summed E-state index contributed by atoms with van der Waals surface area (Å²) in [6.45, 7) is 6.61. The number of hydrogen-bond donors (Lipinski definition) is 1. The van der Waals surface area contributed by atoms with Crippen LogP contribution in [-0.2, 0) is 0 Å². The Balaban J connectivity index is 2.58. The SMILES string of the molecule is CC(C)(C)Sc1ccnc2c(N)cccc12. The second kappa shape index (κ2) is 3.98. The van der Waals surface area contributed by atoms with Crippen LogP contribution in [0.1, 0.15) is 20.8 Å². The van der Waals surface area contributed by atoms with Crippen LogP contribution in [0.2, 0.25) is 0 Å². The molecule has 1 heterocycles. The van der Waals surface area contributed by atoms with Gasteiger partial charge in [-0.15, -0.1) is 11.8 Å². The molecule has 0 saturated heterocycles. The average Bonchev–Trinajstić information content (AvgIpc) is 2.17.